The van der Waals surface area contributed by atoms with E-state index < -0.39 is 10.0 Å². The lowest BCUT2D eigenvalue weighted by Gasteiger charge is -2.40. The summed E-state index contributed by atoms with van der Waals surface area (Å²) < 4.78 is 34.4. The fraction of sp³-hybridized carbons (Fsp3) is 0.500. The summed E-state index contributed by atoms with van der Waals surface area (Å²) in [5.74, 6) is 1.48. The smallest absolute Gasteiger partial charge is 0.243 e. The molecule has 0 unspecified atom stereocenters. The van der Waals surface area contributed by atoms with Crippen molar-refractivity contribution in [1.82, 2.24) is 4.31 Å². The lowest BCUT2D eigenvalue weighted by atomic mass is 9.94. The predicted octanol–water partition coefficient (Wildman–Crippen LogP) is 3.95. The predicted molar refractivity (Wildman–Crippen MR) is 100 cm³/mol. The molecule has 26 heavy (non-hydrogen) atoms. The van der Waals surface area contributed by atoms with Crippen molar-refractivity contribution in [3.63, 3.8) is 0 Å². The molecule has 1 aromatic heterocycles. The summed E-state index contributed by atoms with van der Waals surface area (Å²) in [5, 5.41) is 9.23. The van der Waals surface area contributed by atoms with Gasteiger partial charge in [-0.05, 0) is 70.2 Å². The van der Waals surface area contributed by atoms with Gasteiger partial charge >= 0.3 is 0 Å². The fourth-order valence-corrected chi connectivity index (χ4v) is 5.62. The Balaban J connectivity index is 2.02. The Labute approximate surface area is 155 Å². The number of aliphatic hydroxyl groups is 1. The van der Waals surface area contributed by atoms with Crippen molar-refractivity contribution in [3.05, 3.63) is 53.5 Å². The molecule has 5 nitrogen and oxygen atoms in total. The molecule has 2 aromatic rings. The van der Waals surface area contributed by atoms with Crippen molar-refractivity contribution in [2.24, 2.45) is 0 Å². The average molecular weight is 378 g/mol. The third-order valence-electron chi connectivity index (χ3n) is 5.06. The molecule has 3 rings (SSSR count). The van der Waals surface area contributed by atoms with Gasteiger partial charge in [0.2, 0.25) is 10.0 Å². The molecule has 1 aliphatic heterocycles. The third kappa shape index (κ3) is 3.87. The molecule has 1 saturated heterocycles. The first-order chi connectivity index (χ1) is 12.4. The lowest BCUT2D eigenvalue weighted by Crippen LogP contribution is -2.45. The molecule has 1 N–H and O–H groups in total. The number of piperidine rings is 1. The normalized spacial score (nSPS) is 21.8. The zero-order chi connectivity index (χ0) is 18.7. The van der Waals surface area contributed by atoms with Gasteiger partial charge in [-0.3, -0.25) is 0 Å². The monoisotopic (exact) mass is 377 g/mol. The molecule has 6 heteroatoms. The zero-order valence-electron chi connectivity index (χ0n) is 15.4. The molecular weight excluding hydrogens is 350 g/mol. The minimum Gasteiger partial charge on any atom is -0.465 e. The molecule has 0 bridgehead atoms. The first kappa shape index (κ1) is 19.1. The van der Waals surface area contributed by atoms with Crippen molar-refractivity contribution in [3.8, 4) is 0 Å². The number of aryl methyl sites for hydroxylation is 2. The van der Waals surface area contributed by atoms with Crippen LogP contribution in [0.4, 0.5) is 0 Å². The minimum atomic E-state index is -3.65. The van der Waals surface area contributed by atoms with E-state index in [9.17, 15) is 13.5 Å². The summed E-state index contributed by atoms with van der Waals surface area (Å²) in [6.07, 6.45) is 3.74. The largest absolute Gasteiger partial charge is 0.465 e. The van der Waals surface area contributed by atoms with E-state index in [1.807, 2.05) is 38.1 Å². The Hall–Kier alpha value is -1.63. The van der Waals surface area contributed by atoms with Crippen LogP contribution in [0.25, 0.3) is 0 Å². The number of rotatable bonds is 6. The van der Waals surface area contributed by atoms with E-state index in [0.717, 1.165) is 30.6 Å². The second kappa shape index (κ2) is 7.94. The van der Waals surface area contributed by atoms with Crippen molar-refractivity contribution >= 4 is 10.0 Å². The maximum atomic E-state index is 13.5. The average Bonchev–Trinajstić information content (AvgIpc) is 3.06. The molecule has 2 heterocycles. The summed E-state index contributed by atoms with van der Waals surface area (Å²) in [5.41, 5.74) is 1.03. The number of nitrogens with zero attached hydrogens (tertiary/aromatic N) is 1. The topological polar surface area (TPSA) is 70.8 Å². The molecular formula is C20H27NO4S. The summed E-state index contributed by atoms with van der Waals surface area (Å²) in [4.78, 5) is 0.312. The quantitative estimate of drug-likeness (QED) is 0.827. The summed E-state index contributed by atoms with van der Waals surface area (Å²) in [6.45, 7) is 3.88. The van der Waals surface area contributed by atoms with E-state index in [4.69, 9.17) is 4.42 Å². The second-order valence-electron chi connectivity index (χ2n) is 7.06. The standard InChI is InChI=1S/C20H27NO4S/c1-15-8-11-18(12-9-15)26(23,24)21-17(6-4-14-22)5-3-7-19(21)20-13-10-16(2)25-20/h8-13,17,19,22H,3-7,14H2,1-2H3/t17-,19+/m0/s1. The second-order valence-corrected chi connectivity index (χ2v) is 8.91. The van der Waals surface area contributed by atoms with Crippen LogP contribution in [0.5, 0.6) is 0 Å². The number of hydrogen-bond acceptors (Lipinski definition) is 4. The van der Waals surface area contributed by atoms with Crippen molar-refractivity contribution in [2.75, 3.05) is 6.61 Å². The number of hydrogen-bond donors (Lipinski definition) is 1. The molecule has 2 atom stereocenters. The molecule has 0 radical (unpaired) electrons. The van der Waals surface area contributed by atoms with Gasteiger partial charge in [-0.1, -0.05) is 17.7 Å². The van der Waals surface area contributed by atoms with Gasteiger partial charge in [-0.15, -0.1) is 0 Å². The number of sulfonamides is 1. The zero-order valence-corrected chi connectivity index (χ0v) is 16.2. The van der Waals surface area contributed by atoms with Crippen molar-refractivity contribution in [1.29, 1.82) is 0 Å². The Bertz CT molecular complexity index is 826. The van der Waals surface area contributed by atoms with Gasteiger partial charge in [0.1, 0.15) is 11.5 Å². The van der Waals surface area contributed by atoms with Gasteiger partial charge in [0.15, 0.2) is 0 Å². The Morgan fingerprint density at radius 2 is 1.85 bits per heavy atom. The lowest BCUT2D eigenvalue weighted by molar-refractivity contribution is 0.144. The van der Waals surface area contributed by atoms with Gasteiger partial charge in [0.25, 0.3) is 0 Å². The minimum absolute atomic E-state index is 0.0689. The summed E-state index contributed by atoms with van der Waals surface area (Å²) >= 11 is 0. The van der Waals surface area contributed by atoms with Gasteiger partial charge in [-0.2, -0.15) is 4.31 Å². The summed E-state index contributed by atoms with van der Waals surface area (Å²) in [7, 11) is -3.65. The first-order valence-electron chi connectivity index (χ1n) is 9.21. The van der Waals surface area contributed by atoms with E-state index in [1.165, 1.54) is 0 Å². The van der Waals surface area contributed by atoms with Gasteiger partial charge in [0, 0.05) is 12.6 Å². The molecule has 0 amide bonds. The first-order valence-corrected chi connectivity index (χ1v) is 10.6. The molecule has 142 valence electrons. The van der Waals surface area contributed by atoms with Crippen LogP contribution in [-0.2, 0) is 10.0 Å². The van der Waals surface area contributed by atoms with E-state index in [1.54, 1.807) is 16.4 Å². The van der Waals surface area contributed by atoms with E-state index >= 15 is 0 Å². The van der Waals surface area contributed by atoms with Crippen LogP contribution in [0.2, 0.25) is 0 Å². The fourth-order valence-electron chi connectivity index (χ4n) is 3.75. The maximum Gasteiger partial charge on any atom is 0.243 e. The molecule has 1 fully saturated rings. The highest BCUT2D eigenvalue weighted by atomic mass is 32.2. The highest BCUT2D eigenvalue weighted by Gasteiger charge is 2.41. The van der Waals surface area contributed by atoms with Crippen LogP contribution in [0.15, 0.2) is 45.7 Å². The third-order valence-corrected chi connectivity index (χ3v) is 7.04. The SMILES string of the molecule is Cc1ccc(S(=O)(=O)N2[C@H](CCCO)CCC[C@@H]2c2ccc(C)o2)cc1. The van der Waals surface area contributed by atoms with Crippen LogP contribution in [-0.4, -0.2) is 30.5 Å². The molecule has 0 saturated carbocycles. The molecule has 0 spiro atoms. The van der Waals surface area contributed by atoms with Gasteiger partial charge in [-0.25, -0.2) is 8.42 Å². The van der Waals surface area contributed by atoms with Crippen molar-refractivity contribution < 1.29 is 17.9 Å². The number of aliphatic hydroxyl groups excluding tert-OH is 1. The van der Waals surface area contributed by atoms with Crippen molar-refractivity contribution in [2.45, 2.75) is 62.9 Å². The Morgan fingerprint density at radius 3 is 2.46 bits per heavy atom. The van der Waals surface area contributed by atoms with Gasteiger partial charge in [0.05, 0.1) is 10.9 Å². The Morgan fingerprint density at radius 1 is 1.12 bits per heavy atom. The maximum absolute atomic E-state index is 13.5. The van der Waals surface area contributed by atoms with Crippen LogP contribution >= 0.6 is 0 Å². The highest BCUT2D eigenvalue weighted by molar-refractivity contribution is 7.89. The highest BCUT2D eigenvalue weighted by Crippen LogP contribution is 2.40. The summed E-state index contributed by atoms with van der Waals surface area (Å²) in [6, 6.07) is 10.3. The van der Waals surface area contributed by atoms with Crippen LogP contribution in [0.3, 0.4) is 0 Å². The molecule has 0 aliphatic carbocycles. The van der Waals surface area contributed by atoms with Crippen LogP contribution in [0.1, 0.15) is 55.2 Å². The van der Waals surface area contributed by atoms with E-state index in [2.05, 4.69) is 0 Å². The van der Waals surface area contributed by atoms with Gasteiger partial charge < -0.3 is 9.52 Å². The Kier molecular flexibility index (Phi) is 5.85. The molecule has 1 aliphatic rings. The van der Waals surface area contributed by atoms with Crippen LogP contribution < -0.4 is 0 Å². The number of benzene rings is 1. The van der Waals surface area contributed by atoms with E-state index in [0.29, 0.717) is 23.5 Å². The van der Waals surface area contributed by atoms with Crippen LogP contribution in [0, 0.1) is 13.8 Å². The van der Waals surface area contributed by atoms with E-state index in [-0.39, 0.29) is 18.7 Å². The molecule has 1 aromatic carbocycles. The number of furan rings is 1.